The Morgan fingerprint density at radius 3 is 1.88 bits per heavy atom. The summed E-state index contributed by atoms with van der Waals surface area (Å²) in [4.78, 5) is 9.23. The predicted molar refractivity (Wildman–Crippen MR) is 18.1 cm³/mol. The number of amides is 1. The zero-order chi connectivity index (χ0) is 6.78. The van der Waals surface area contributed by atoms with Crippen LogP contribution in [0.4, 0.5) is 13.2 Å². The lowest BCUT2D eigenvalue weighted by Gasteiger charge is -2.12. The molecule has 0 rings (SSSR count). The molecule has 0 aliphatic heterocycles. The minimum absolute atomic E-state index is 0.514. The monoisotopic (exact) mass is 128 g/mol. The van der Waals surface area contributed by atoms with Crippen LogP contribution in [0.15, 0.2) is 0 Å². The van der Waals surface area contributed by atoms with Gasteiger partial charge in [-0.15, -0.1) is 13.2 Å². The minimum atomic E-state index is -4.75. The van der Waals surface area contributed by atoms with Gasteiger partial charge in [0, 0.05) is 0 Å². The lowest BCUT2D eigenvalue weighted by molar-refractivity contribution is -0.235. The Kier molecular flexibility index (Phi) is 1.80. The van der Waals surface area contributed by atoms with Crippen molar-refractivity contribution in [3.63, 3.8) is 0 Å². The molecule has 0 radical (unpaired) electrons. The number of rotatable bonds is 1. The summed E-state index contributed by atoms with van der Waals surface area (Å²) in [5, 5.41) is -0.868. The van der Waals surface area contributed by atoms with Crippen LogP contribution in [0, 0.1) is 0 Å². The molecule has 0 spiro atoms. The Morgan fingerprint density at radius 1 is 1.50 bits per heavy atom. The summed E-state index contributed by atoms with van der Waals surface area (Å²) in [6, 6.07) is 0. The van der Waals surface area contributed by atoms with Gasteiger partial charge in [0.15, 0.2) is 0 Å². The Labute approximate surface area is 42.8 Å². The summed E-state index contributed by atoms with van der Waals surface area (Å²) in [6.07, 6.45) is -5.26. The SMILES string of the molecule is NN(C=O)C(F)(F)F. The molecule has 3 nitrogen and oxygen atoms in total. The van der Waals surface area contributed by atoms with Crippen molar-refractivity contribution in [3.05, 3.63) is 0 Å². The van der Waals surface area contributed by atoms with E-state index in [0.717, 1.165) is 0 Å². The number of alkyl halides is 3. The fraction of sp³-hybridized carbons (Fsp3) is 0.500. The summed E-state index contributed by atoms with van der Waals surface area (Å²) in [6.45, 7) is 0. The van der Waals surface area contributed by atoms with Crippen LogP contribution in [0.5, 0.6) is 0 Å². The molecule has 8 heavy (non-hydrogen) atoms. The molecule has 0 heterocycles. The molecule has 0 aromatic heterocycles. The Balaban J connectivity index is 3.80. The van der Waals surface area contributed by atoms with Crippen molar-refractivity contribution in [1.29, 1.82) is 0 Å². The summed E-state index contributed by atoms with van der Waals surface area (Å²) in [7, 11) is 0. The van der Waals surface area contributed by atoms with Crippen LogP contribution < -0.4 is 5.84 Å². The lowest BCUT2D eigenvalue weighted by atomic mass is 11.0. The second kappa shape index (κ2) is 1.99. The van der Waals surface area contributed by atoms with E-state index < -0.39 is 17.7 Å². The Morgan fingerprint density at radius 2 is 1.88 bits per heavy atom. The van der Waals surface area contributed by atoms with E-state index in [-0.39, 0.29) is 0 Å². The van der Waals surface area contributed by atoms with Gasteiger partial charge in [-0.2, -0.15) is 5.01 Å². The molecule has 0 aromatic carbocycles. The van der Waals surface area contributed by atoms with E-state index >= 15 is 0 Å². The average molecular weight is 128 g/mol. The third-order valence-corrected chi connectivity index (χ3v) is 0.406. The normalized spacial score (nSPS) is 11.0. The van der Waals surface area contributed by atoms with Gasteiger partial charge >= 0.3 is 6.30 Å². The summed E-state index contributed by atoms with van der Waals surface area (Å²) < 4.78 is 33.1. The maximum Gasteiger partial charge on any atom is 0.501 e. The molecule has 6 heteroatoms. The predicted octanol–water partition coefficient (Wildman–Crippen LogP) is -0.162. The van der Waals surface area contributed by atoms with Crippen molar-refractivity contribution < 1.29 is 18.0 Å². The Hall–Kier alpha value is -0.780. The minimum Gasteiger partial charge on any atom is -0.277 e. The molecule has 2 N–H and O–H groups in total. The summed E-state index contributed by atoms with van der Waals surface area (Å²) in [5.74, 6) is 4.09. The first-order valence-electron chi connectivity index (χ1n) is 1.54. The highest BCUT2D eigenvalue weighted by atomic mass is 19.4. The smallest absolute Gasteiger partial charge is 0.277 e. The van der Waals surface area contributed by atoms with Crippen molar-refractivity contribution in [1.82, 2.24) is 5.01 Å². The van der Waals surface area contributed by atoms with Crippen molar-refractivity contribution in [2.45, 2.75) is 6.30 Å². The standard InChI is InChI=1S/C2H3F3N2O/c3-2(4,5)7(6)1-8/h1H,6H2. The first kappa shape index (κ1) is 7.22. The second-order valence-corrected chi connectivity index (χ2v) is 0.981. The quantitative estimate of drug-likeness (QED) is 0.175. The fourth-order valence-corrected chi connectivity index (χ4v) is 0.0598. The molecule has 48 valence electrons. The van der Waals surface area contributed by atoms with Crippen LogP contribution in [0.3, 0.4) is 0 Å². The van der Waals surface area contributed by atoms with Crippen molar-refractivity contribution >= 4 is 6.41 Å². The summed E-state index contributed by atoms with van der Waals surface area (Å²) in [5.41, 5.74) is 0. The molecule has 0 aliphatic carbocycles. The highest BCUT2D eigenvalue weighted by Gasteiger charge is 2.33. The first-order chi connectivity index (χ1) is 3.48. The van der Waals surface area contributed by atoms with Gasteiger partial charge in [0.25, 0.3) is 0 Å². The number of hydrogen-bond acceptors (Lipinski definition) is 2. The van der Waals surface area contributed by atoms with E-state index in [2.05, 4.69) is 5.84 Å². The maximum absolute atomic E-state index is 11.0. The van der Waals surface area contributed by atoms with Gasteiger partial charge in [-0.25, -0.2) is 5.84 Å². The molecule has 0 bridgehead atoms. The van der Waals surface area contributed by atoms with Gasteiger partial charge in [-0.3, -0.25) is 4.79 Å². The second-order valence-electron chi connectivity index (χ2n) is 0.981. The highest BCUT2D eigenvalue weighted by Crippen LogP contribution is 2.14. The number of nitrogens with zero attached hydrogens (tertiary/aromatic N) is 1. The third-order valence-electron chi connectivity index (χ3n) is 0.406. The van der Waals surface area contributed by atoms with Gasteiger partial charge in [0.2, 0.25) is 6.41 Å². The van der Waals surface area contributed by atoms with E-state index in [4.69, 9.17) is 0 Å². The van der Waals surface area contributed by atoms with Crippen LogP contribution in [0.25, 0.3) is 0 Å². The van der Waals surface area contributed by atoms with Gasteiger partial charge < -0.3 is 0 Å². The van der Waals surface area contributed by atoms with Gasteiger partial charge in [-0.05, 0) is 0 Å². The van der Waals surface area contributed by atoms with E-state index in [0.29, 0.717) is 0 Å². The van der Waals surface area contributed by atoms with E-state index in [1.807, 2.05) is 0 Å². The van der Waals surface area contributed by atoms with Gasteiger partial charge in [0.1, 0.15) is 0 Å². The molecular formula is C2H3F3N2O. The van der Waals surface area contributed by atoms with Crippen LogP contribution in [-0.2, 0) is 4.79 Å². The van der Waals surface area contributed by atoms with Crippen LogP contribution in [0.1, 0.15) is 0 Å². The number of halogens is 3. The number of hydrazine groups is 1. The molecule has 0 saturated carbocycles. The molecule has 0 aromatic rings. The first-order valence-corrected chi connectivity index (χ1v) is 1.54. The number of nitrogens with two attached hydrogens (primary N) is 1. The van der Waals surface area contributed by atoms with Crippen LogP contribution >= 0.6 is 0 Å². The molecule has 0 atom stereocenters. The van der Waals surface area contributed by atoms with E-state index in [1.54, 1.807) is 0 Å². The maximum atomic E-state index is 11.0. The molecule has 0 saturated heterocycles. The zero-order valence-electron chi connectivity index (χ0n) is 3.64. The number of carbonyl (C=O) groups is 1. The van der Waals surface area contributed by atoms with Gasteiger partial charge in [0.05, 0.1) is 0 Å². The third kappa shape index (κ3) is 1.78. The van der Waals surface area contributed by atoms with Crippen molar-refractivity contribution in [2.24, 2.45) is 5.84 Å². The average Bonchev–Trinajstić information content (AvgIpc) is 1.62. The van der Waals surface area contributed by atoms with Gasteiger partial charge in [-0.1, -0.05) is 0 Å². The zero-order valence-corrected chi connectivity index (χ0v) is 3.64. The molecular weight excluding hydrogens is 125 g/mol. The Bertz CT molecular complexity index is 89.8. The highest BCUT2D eigenvalue weighted by molar-refractivity contribution is 5.46. The van der Waals surface area contributed by atoms with Crippen molar-refractivity contribution in [2.75, 3.05) is 0 Å². The van der Waals surface area contributed by atoms with Crippen LogP contribution in [-0.4, -0.2) is 17.7 Å². The molecule has 0 unspecified atom stereocenters. The lowest BCUT2D eigenvalue weighted by Crippen LogP contribution is -2.42. The summed E-state index contributed by atoms with van der Waals surface area (Å²) >= 11 is 0. The topological polar surface area (TPSA) is 46.3 Å². The number of carbonyl (C=O) groups excluding carboxylic acids is 1. The molecule has 0 fully saturated rings. The molecule has 0 aliphatic rings. The van der Waals surface area contributed by atoms with E-state index in [1.165, 1.54) is 0 Å². The fourth-order valence-electron chi connectivity index (χ4n) is 0.0598. The number of hydrogen-bond donors (Lipinski definition) is 1. The van der Waals surface area contributed by atoms with Crippen molar-refractivity contribution in [3.8, 4) is 0 Å². The van der Waals surface area contributed by atoms with E-state index in [9.17, 15) is 18.0 Å². The van der Waals surface area contributed by atoms with Crippen LogP contribution in [0.2, 0.25) is 0 Å². The molecule has 1 amide bonds. The largest absolute Gasteiger partial charge is 0.501 e.